The number of nitrogens with zero attached hydrogens (tertiary/aromatic N) is 3. The first-order valence-electron chi connectivity index (χ1n) is 8.14. The highest BCUT2D eigenvalue weighted by Gasteiger charge is 2.07. The van der Waals surface area contributed by atoms with Crippen molar-refractivity contribution in [1.29, 1.82) is 0 Å². The smallest absolute Gasteiger partial charge is 0.257 e. The number of halogens is 1. The van der Waals surface area contributed by atoms with Gasteiger partial charge in [-0.05, 0) is 43.2 Å². The summed E-state index contributed by atoms with van der Waals surface area (Å²) < 4.78 is 0. The maximum absolute atomic E-state index is 12.3. The van der Waals surface area contributed by atoms with Gasteiger partial charge in [0.25, 0.3) is 5.91 Å². The molecule has 1 amide bonds. The number of pyridine rings is 1. The normalized spacial score (nSPS) is 10.4. The molecule has 0 aliphatic carbocycles. The summed E-state index contributed by atoms with van der Waals surface area (Å²) in [5.74, 6) is 0.454. The Labute approximate surface area is 156 Å². The highest BCUT2D eigenvalue weighted by Crippen LogP contribution is 2.13. The van der Waals surface area contributed by atoms with E-state index in [1.165, 1.54) is 6.20 Å². The van der Waals surface area contributed by atoms with Crippen molar-refractivity contribution in [3.63, 3.8) is 0 Å². The summed E-state index contributed by atoms with van der Waals surface area (Å²) in [5.41, 5.74) is 3.24. The Kier molecular flexibility index (Phi) is 5.76. The average Bonchev–Trinajstić information content (AvgIpc) is 2.63. The Hall–Kier alpha value is -2.99. The van der Waals surface area contributed by atoms with Crippen molar-refractivity contribution in [2.24, 2.45) is 0 Å². The van der Waals surface area contributed by atoms with Crippen molar-refractivity contribution in [1.82, 2.24) is 15.0 Å². The lowest BCUT2D eigenvalue weighted by molar-refractivity contribution is 0.102. The van der Waals surface area contributed by atoms with E-state index in [2.05, 4.69) is 25.6 Å². The molecule has 26 heavy (non-hydrogen) atoms. The molecule has 2 aromatic heterocycles. The Balaban J connectivity index is 1.57. The van der Waals surface area contributed by atoms with Crippen LogP contribution >= 0.6 is 11.6 Å². The van der Waals surface area contributed by atoms with Crippen LogP contribution in [0.25, 0.3) is 0 Å². The molecule has 2 N–H and O–H groups in total. The van der Waals surface area contributed by atoms with Gasteiger partial charge in [0.05, 0.1) is 18.0 Å². The van der Waals surface area contributed by atoms with Gasteiger partial charge in [-0.25, -0.2) is 4.98 Å². The van der Waals surface area contributed by atoms with Crippen molar-refractivity contribution < 1.29 is 4.79 Å². The lowest BCUT2D eigenvalue weighted by Gasteiger charge is -2.09. The van der Waals surface area contributed by atoms with Gasteiger partial charge in [-0.1, -0.05) is 23.7 Å². The second kappa shape index (κ2) is 8.40. The van der Waals surface area contributed by atoms with E-state index in [4.69, 9.17) is 11.6 Å². The van der Waals surface area contributed by atoms with Gasteiger partial charge in [0.2, 0.25) is 0 Å². The summed E-state index contributed by atoms with van der Waals surface area (Å²) in [4.78, 5) is 24.5. The Bertz CT molecular complexity index is 898. The topological polar surface area (TPSA) is 79.8 Å². The van der Waals surface area contributed by atoms with Gasteiger partial charge in [-0.15, -0.1) is 0 Å². The first-order valence-corrected chi connectivity index (χ1v) is 8.52. The predicted molar refractivity (Wildman–Crippen MR) is 103 cm³/mol. The van der Waals surface area contributed by atoms with Gasteiger partial charge in [0, 0.05) is 24.1 Å². The molecule has 0 radical (unpaired) electrons. The summed E-state index contributed by atoms with van der Waals surface area (Å²) in [6, 6.07) is 11.3. The SMILES string of the molecule is Cc1ccc(C(=O)Nc2cccc(CCNc3cncc(Cl)n3)c2)cn1. The molecule has 0 saturated heterocycles. The number of aromatic nitrogens is 3. The lowest BCUT2D eigenvalue weighted by Crippen LogP contribution is -2.12. The zero-order chi connectivity index (χ0) is 18.4. The summed E-state index contributed by atoms with van der Waals surface area (Å²) >= 11 is 5.81. The van der Waals surface area contributed by atoms with Crippen LogP contribution in [-0.4, -0.2) is 27.4 Å². The molecule has 3 aromatic rings. The van der Waals surface area contributed by atoms with Gasteiger partial charge in [0.1, 0.15) is 11.0 Å². The van der Waals surface area contributed by atoms with Crippen LogP contribution in [0.2, 0.25) is 5.15 Å². The Morgan fingerprint density at radius 2 is 2.04 bits per heavy atom. The van der Waals surface area contributed by atoms with Crippen molar-refractivity contribution in [2.75, 3.05) is 17.2 Å². The van der Waals surface area contributed by atoms with Gasteiger partial charge in [0.15, 0.2) is 0 Å². The molecule has 0 atom stereocenters. The standard InChI is InChI=1S/C19H18ClN5O/c1-13-5-6-15(10-23-13)19(26)24-16-4-2-3-14(9-16)7-8-22-18-12-21-11-17(20)25-18/h2-6,9-12H,7-8H2,1H3,(H,22,25)(H,24,26). The lowest BCUT2D eigenvalue weighted by atomic mass is 10.1. The summed E-state index contributed by atoms with van der Waals surface area (Å²) in [6.07, 6.45) is 5.45. The Morgan fingerprint density at radius 3 is 2.81 bits per heavy atom. The first-order chi connectivity index (χ1) is 12.6. The molecule has 7 heteroatoms. The van der Waals surface area contributed by atoms with Crippen molar-refractivity contribution in [3.05, 3.63) is 77.0 Å². The van der Waals surface area contributed by atoms with E-state index < -0.39 is 0 Å². The third-order valence-electron chi connectivity index (χ3n) is 3.68. The summed E-state index contributed by atoms with van der Waals surface area (Å²) in [7, 11) is 0. The zero-order valence-electron chi connectivity index (χ0n) is 14.2. The third-order valence-corrected chi connectivity index (χ3v) is 3.87. The van der Waals surface area contributed by atoms with Gasteiger partial charge in [-0.3, -0.25) is 14.8 Å². The molecule has 0 saturated carbocycles. The van der Waals surface area contributed by atoms with Crippen LogP contribution < -0.4 is 10.6 Å². The molecule has 0 spiro atoms. The van der Waals surface area contributed by atoms with E-state index in [9.17, 15) is 4.79 Å². The molecule has 0 aliphatic rings. The van der Waals surface area contributed by atoms with Crippen molar-refractivity contribution in [2.45, 2.75) is 13.3 Å². The van der Waals surface area contributed by atoms with Gasteiger partial charge in [-0.2, -0.15) is 0 Å². The predicted octanol–water partition coefficient (Wildman–Crippen LogP) is 3.74. The molecule has 3 rings (SSSR count). The van der Waals surface area contributed by atoms with Gasteiger partial charge >= 0.3 is 0 Å². The number of carbonyl (C=O) groups excluding carboxylic acids is 1. The van der Waals surface area contributed by atoms with E-state index in [-0.39, 0.29) is 5.91 Å². The number of hydrogen-bond donors (Lipinski definition) is 2. The zero-order valence-corrected chi connectivity index (χ0v) is 15.0. The van der Waals surface area contributed by atoms with Crippen LogP contribution in [0.1, 0.15) is 21.6 Å². The molecule has 0 bridgehead atoms. The molecular formula is C19H18ClN5O. The minimum absolute atomic E-state index is 0.179. The fourth-order valence-corrected chi connectivity index (χ4v) is 2.52. The number of aryl methyl sites for hydroxylation is 1. The fourth-order valence-electron chi connectivity index (χ4n) is 2.37. The maximum atomic E-state index is 12.3. The molecule has 6 nitrogen and oxygen atoms in total. The molecule has 0 fully saturated rings. The molecule has 1 aromatic carbocycles. The van der Waals surface area contributed by atoms with Crippen LogP contribution in [0.3, 0.4) is 0 Å². The van der Waals surface area contributed by atoms with E-state index in [1.807, 2.05) is 37.3 Å². The van der Waals surface area contributed by atoms with Crippen LogP contribution in [0.4, 0.5) is 11.5 Å². The third kappa shape index (κ3) is 5.00. The van der Waals surface area contributed by atoms with Crippen molar-refractivity contribution >= 4 is 29.0 Å². The fraction of sp³-hybridized carbons (Fsp3) is 0.158. The highest BCUT2D eigenvalue weighted by atomic mass is 35.5. The summed E-state index contributed by atoms with van der Waals surface area (Å²) in [6.45, 7) is 2.56. The number of anilines is 2. The van der Waals surface area contributed by atoms with E-state index in [1.54, 1.807) is 18.5 Å². The number of amides is 1. The van der Waals surface area contributed by atoms with Crippen LogP contribution in [0, 0.1) is 6.92 Å². The largest absolute Gasteiger partial charge is 0.368 e. The van der Waals surface area contributed by atoms with E-state index in [0.29, 0.717) is 23.1 Å². The number of benzene rings is 1. The second-order valence-corrected chi connectivity index (χ2v) is 6.13. The number of hydrogen-bond acceptors (Lipinski definition) is 5. The molecular weight excluding hydrogens is 350 g/mol. The second-order valence-electron chi connectivity index (χ2n) is 5.75. The average molecular weight is 368 g/mol. The quantitative estimate of drug-likeness (QED) is 0.693. The van der Waals surface area contributed by atoms with E-state index in [0.717, 1.165) is 23.4 Å². The Morgan fingerprint density at radius 1 is 1.15 bits per heavy atom. The summed E-state index contributed by atoms with van der Waals surface area (Å²) in [5, 5.41) is 6.42. The monoisotopic (exact) mass is 367 g/mol. The molecule has 132 valence electrons. The van der Waals surface area contributed by atoms with Gasteiger partial charge < -0.3 is 10.6 Å². The minimum atomic E-state index is -0.179. The minimum Gasteiger partial charge on any atom is -0.368 e. The molecule has 0 unspecified atom stereocenters. The molecule has 0 aliphatic heterocycles. The number of carbonyl (C=O) groups is 1. The molecule has 2 heterocycles. The van der Waals surface area contributed by atoms with Crippen LogP contribution in [-0.2, 0) is 6.42 Å². The number of rotatable bonds is 6. The van der Waals surface area contributed by atoms with Crippen molar-refractivity contribution in [3.8, 4) is 0 Å². The highest BCUT2D eigenvalue weighted by molar-refractivity contribution is 6.29. The number of nitrogens with one attached hydrogen (secondary N) is 2. The maximum Gasteiger partial charge on any atom is 0.257 e. The van der Waals surface area contributed by atoms with Crippen LogP contribution in [0.15, 0.2) is 55.0 Å². The first kappa shape index (κ1) is 17.8. The van der Waals surface area contributed by atoms with E-state index >= 15 is 0 Å². The van der Waals surface area contributed by atoms with Crippen LogP contribution in [0.5, 0.6) is 0 Å².